The summed E-state index contributed by atoms with van der Waals surface area (Å²) in [6.07, 6.45) is 0.953. The Labute approximate surface area is 115 Å². The van der Waals surface area contributed by atoms with Gasteiger partial charge in [-0.2, -0.15) is 0 Å². The summed E-state index contributed by atoms with van der Waals surface area (Å²) in [5, 5.41) is 10.2. The fraction of sp³-hybridized carbons (Fsp3) is 0.154. The van der Waals surface area contributed by atoms with Crippen LogP contribution in [0.2, 0.25) is 10.0 Å². The van der Waals surface area contributed by atoms with Crippen LogP contribution in [0.4, 0.5) is 0 Å². The van der Waals surface area contributed by atoms with Gasteiger partial charge >= 0.3 is 0 Å². The average molecular weight is 284 g/mol. The van der Waals surface area contributed by atoms with Crippen LogP contribution in [0.3, 0.4) is 0 Å². The minimum absolute atomic E-state index is 0.433. The molecule has 0 aliphatic rings. The zero-order valence-electron chi connectivity index (χ0n) is 9.60. The number of aliphatic hydroxyl groups excluding tert-OH is 1. The molecule has 1 N–H and O–H groups in total. The first-order valence-corrected chi connectivity index (χ1v) is 6.09. The van der Waals surface area contributed by atoms with E-state index in [4.69, 9.17) is 27.9 Å². The van der Waals surface area contributed by atoms with Crippen LogP contribution in [0, 0.1) is 0 Å². The molecule has 1 aromatic heterocycles. The Morgan fingerprint density at radius 2 is 1.83 bits per heavy atom. The van der Waals surface area contributed by atoms with E-state index < -0.39 is 6.10 Å². The highest BCUT2D eigenvalue weighted by Gasteiger charge is 2.04. The summed E-state index contributed by atoms with van der Waals surface area (Å²) in [5.74, 6) is 1.15. The monoisotopic (exact) mass is 283 g/mol. The minimum atomic E-state index is -0.593. The van der Waals surface area contributed by atoms with Crippen LogP contribution in [0.5, 0.6) is 11.5 Å². The molecule has 0 spiro atoms. The third-order valence-electron chi connectivity index (χ3n) is 2.31. The molecule has 0 aliphatic carbocycles. The lowest BCUT2D eigenvalue weighted by molar-refractivity contribution is 0.194. The number of aromatic nitrogens is 1. The highest BCUT2D eigenvalue weighted by molar-refractivity contribution is 6.42. The Morgan fingerprint density at radius 1 is 1.11 bits per heavy atom. The molecule has 0 radical (unpaired) electrons. The Balaban J connectivity index is 2.15. The lowest BCUT2D eigenvalue weighted by atomic mass is 10.2. The molecular formula is C13H11Cl2NO2. The summed E-state index contributed by atoms with van der Waals surface area (Å²) in [4.78, 5) is 4.08. The van der Waals surface area contributed by atoms with Gasteiger partial charge in [0.25, 0.3) is 0 Å². The number of benzene rings is 1. The van der Waals surface area contributed by atoms with Gasteiger partial charge in [0.05, 0.1) is 28.0 Å². The van der Waals surface area contributed by atoms with Gasteiger partial charge in [-0.1, -0.05) is 23.2 Å². The minimum Gasteiger partial charge on any atom is -0.456 e. The van der Waals surface area contributed by atoms with Crippen molar-refractivity contribution in [2.75, 3.05) is 0 Å². The van der Waals surface area contributed by atoms with Gasteiger partial charge in [0.1, 0.15) is 11.5 Å². The van der Waals surface area contributed by atoms with E-state index in [9.17, 15) is 5.11 Å². The van der Waals surface area contributed by atoms with E-state index in [0.29, 0.717) is 27.2 Å². The lowest BCUT2D eigenvalue weighted by Crippen LogP contribution is -1.95. The summed E-state index contributed by atoms with van der Waals surface area (Å²) in [6, 6.07) is 8.45. The quantitative estimate of drug-likeness (QED) is 0.916. The molecule has 94 valence electrons. The van der Waals surface area contributed by atoms with Crippen molar-refractivity contribution in [2.24, 2.45) is 0 Å². The zero-order valence-corrected chi connectivity index (χ0v) is 11.1. The number of nitrogens with zero attached hydrogens (tertiary/aromatic N) is 1. The molecule has 1 atom stereocenters. The van der Waals surface area contributed by atoms with Gasteiger partial charge in [-0.15, -0.1) is 0 Å². The van der Waals surface area contributed by atoms with E-state index in [1.807, 2.05) is 0 Å². The van der Waals surface area contributed by atoms with Crippen molar-refractivity contribution in [2.45, 2.75) is 13.0 Å². The van der Waals surface area contributed by atoms with Gasteiger partial charge in [0.2, 0.25) is 0 Å². The lowest BCUT2D eigenvalue weighted by Gasteiger charge is -2.08. The topological polar surface area (TPSA) is 42.4 Å². The third-order valence-corrected chi connectivity index (χ3v) is 3.05. The van der Waals surface area contributed by atoms with Gasteiger partial charge in [0.15, 0.2) is 0 Å². The van der Waals surface area contributed by atoms with Crippen LogP contribution in [-0.2, 0) is 0 Å². The maximum atomic E-state index is 9.34. The predicted molar refractivity (Wildman–Crippen MR) is 71.4 cm³/mol. The molecule has 0 aliphatic heterocycles. The van der Waals surface area contributed by atoms with Gasteiger partial charge in [-0.3, -0.25) is 4.98 Å². The van der Waals surface area contributed by atoms with E-state index in [1.165, 1.54) is 0 Å². The number of aliphatic hydroxyl groups is 1. The molecule has 3 nitrogen and oxygen atoms in total. The number of hydrogen-bond acceptors (Lipinski definition) is 3. The van der Waals surface area contributed by atoms with E-state index >= 15 is 0 Å². The smallest absolute Gasteiger partial charge is 0.145 e. The summed E-state index contributed by atoms with van der Waals surface area (Å²) in [7, 11) is 0. The summed E-state index contributed by atoms with van der Waals surface area (Å²) in [5.41, 5.74) is 0.594. The molecule has 1 aromatic carbocycles. The van der Waals surface area contributed by atoms with Crippen molar-refractivity contribution in [1.29, 1.82) is 0 Å². The van der Waals surface area contributed by atoms with Gasteiger partial charge in [-0.05, 0) is 31.2 Å². The van der Waals surface area contributed by atoms with Crippen molar-refractivity contribution in [3.8, 4) is 11.5 Å². The molecule has 2 aromatic rings. The second-order valence-electron chi connectivity index (χ2n) is 3.77. The molecule has 0 saturated heterocycles. The second kappa shape index (κ2) is 5.57. The van der Waals surface area contributed by atoms with Gasteiger partial charge in [0, 0.05) is 6.07 Å². The molecular weight excluding hydrogens is 273 g/mol. The molecule has 2 rings (SSSR count). The van der Waals surface area contributed by atoms with Crippen LogP contribution in [-0.4, -0.2) is 10.1 Å². The first kappa shape index (κ1) is 13.1. The molecule has 0 fully saturated rings. The molecule has 0 bridgehead atoms. The number of pyridine rings is 1. The van der Waals surface area contributed by atoms with Gasteiger partial charge in [-0.25, -0.2) is 0 Å². The Morgan fingerprint density at radius 3 is 2.39 bits per heavy atom. The van der Waals surface area contributed by atoms with E-state index in [0.717, 1.165) is 0 Å². The highest BCUT2D eigenvalue weighted by Crippen LogP contribution is 2.29. The largest absolute Gasteiger partial charge is 0.456 e. The number of hydrogen-bond donors (Lipinski definition) is 1. The predicted octanol–water partition coefficient (Wildman–Crippen LogP) is 4.23. The fourth-order valence-corrected chi connectivity index (χ4v) is 1.66. The number of ether oxygens (including phenoxy) is 1. The Bertz CT molecular complexity index is 541. The zero-order chi connectivity index (χ0) is 13.1. The number of halogens is 2. The van der Waals surface area contributed by atoms with Crippen molar-refractivity contribution in [3.05, 3.63) is 52.3 Å². The first-order chi connectivity index (χ1) is 8.56. The van der Waals surface area contributed by atoms with Crippen molar-refractivity contribution in [1.82, 2.24) is 4.98 Å². The van der Waals surface area contributed by atoms with Crippen molar-refractivity contribution in [3.63, 3.8) is 0 Å². The van der Waals surface area contributed by atoms with E-state index in [1.54, 1.807) is 43.5 Å². The van der Waals surface area contributed by atoms with Crippen molar-refractivity contribution >= 4 is 23.2 Å². The maximum Gasteiger partial charge on any atom is 0.145 e. The van der Waals surface area contributed by atoms with E-state index in [2.05, 4.69) is 4.98 Å². The standard InChI is InChI=1S/C13H11Cl2NO2/c1-8(17)13-5-3-10(7-16-13)18-9-2-4-11(14)12(15)6-9/h2-8,17H,1H3/t8-/m0/s1. The van der Waals surface area contributed by atoms with Crippen LogP contribution in [0.15, 0.2) is 36.5 Å². The second-order valence-corrected chi connectivity index (χ2v) is 4.59. The maximum absolute atomic E-state index is 9.34. The molecule has 1 heterocycles. The summed E-state index contributed by atoms with van der Waals surface area (Å²) in [6.45, 7) is 1.65. The van der Waals surface area contributed by atoms with Crippen LogP contribution in [0.1, 0.15) is 18.7 Å². The third kappa shape index (κ3) is 3.13. The molecule has 0 amide bonds. The van der Waals surface area contributed by atoms with Crippen LogP contribution in [0.25, 0.3) is 0 Å². The SMILES string of the molecule is C[C@H](O)c1ccc(Oc2ccc(Cl)c(Cl)c2)cn1. The Kier molecular flexibility index (Phi) is 4.07. The fourth-order valence-electron chi connectivity index (χ4n) is 1.38. The van der Waals surface area contributed by atoms with Gasteiger partial charge < -0.3 is 9.84 Å². The molecule has 18 heavy (non-hydrogen) atoms. The Hall–Kier alpha value is -1.29. The van der Waals surface area contributed by atoms with Crippen LogP contribution < -0.4 is 4.74 Å². The molecule has 0 unspecified atom stereocenters. The van der Waals surface area contributed by atoms with Crippen molar-refractivity contribution < 1.29 is 9.84 Å². The summed E-state index contributed by atoms with van der Waals surface area (Å²) < 4.78 is 5.56. The highest BCUT2D eigenvalue weighted by atomic mass is 35.5. The first-order valence-electron chi connectivity index (χ1n) is 5.33. The van der Waals surface area contributed by atoms with Crippen LogP contribution >= 0.6 is 23.2 Å². The average Bonchev–Trinajstić information content (AvgIpc) is 2.34. The molecule has 5 heteroatoms. The normalized spacial score (nSPS) is 12.2. The molecule has 0 saturated carbocycles. The van der Waals surface area contributed by atoms with E-state index in [-0.39, 0.29) is 0 Å². The number of rotatable bonds is 3. The summed E-state index contributed by atoms with van der Waals surface area (Å²) >= 11 is 11.7.